The standard InChI is InChI=1S/C23H25NO3/c1-23(2,3)18-12-8-11-17(15-18)21-22(16-9-6-5-7-10-16)27-19(24-21)13-14-20(25)26-4/h5-12,15H,13-14H2,1-4H3. The second-order valence-electron chi connectivity index (χ2n) is 7.56. The molecule has 0 bridgehead atoms. The fourth-order valence-electron chi connectivity index (χ4n) is 2.90. The molecule has 27 heavy (non-hydrogen) atoms. The topological polar surface area (TPSA) is 52.3 Å². The smallest absolute Gasteiger partial charge is 0.306 e. The summed E-state index contributed by atoms with van der Waals surface area (Å²) in [6, 6.07) is 18.3. The number of hydrogen-bond acceptors (Lipinski definition) is 4. The van der Waals surface area contributed by atoms with Crippen LogP contribution in [0.2, 0.25) is 0 Å². The van der Waals surface area contributed by atoms with E-state index >= 15 is 0 Å². The highest BCUT2D eigenvalue weighted by Crippen LogP contribution is 2.35. The van der Waals surface area contributed by atoms with Gasteiger partial charge in [-0.15, -0.1) is 0 Å². The Labute approximate surface area is 160 Å². The molecule has 0 aliphatic carbocycles. The average molecular weight is 363 g/mol. The molecule has 0 amide bonds. The van der Waals surface area contributed by atoms with Gasteiger partial charge in [-0.2, -0.15) is 0 Å². The zero-order valence-corrected chi connectivity index (χ0v) is 16.3. The van der Waals surface area contributed by atoms with E-state index in [1.807, 2.05) is 42.5 Å². The molecule has 0 aliphatic heterocycles. The van der Waals surface area contributed by atoms with Gasteiger partial charge in [0.05, 0.1) is 13.5 Å². The van der Waals surface area contributed by atoms with E-state index in [0.29, 0.717) is 12.3 Å². The number of aromatic nitrogens is 1. The van der Waals surface area contributed by atoms with Crippen LogP contribution in [-0.2, 0) is 21.4 Å². The minimum absolute atomic E-state index is 0.0420. The highest BCUT2D eigenvalue weighted by molar-refractivity contribution is 5.77. The fraction of sp³-hybridized carbons (Fsp3) is 0.304. The van der Waals surface area contributed by atoms with Crippen molar-refractivity contribution >= 4 is 5.97 Å². The van der Waals surface area contributed by atoms with Crippen LogP contribution in [0.4, 0.5) is 0 Å². The van der Waals surface area contributed by atoms with Crippen LogP contribution in [0.3, 0.4) is 0 Å². The lowest BCUT2D eigenvalue weighted by molar-refractivity contribution is -0.140. The zero-order valence-electron chi connectivity index (χ0n) is 16.3. The summed E-state index contributed by atoms with van der Waals surface area (Å²) in [5, 5.41) is 0. The van der Waals surface area contributed by atoms with Crippen molar-refractivity contribution in [3.63, 3.8) is 0 Å². The molecule has 0 aliphatic rings. The molecule has 2 aromatic carbocycles. The lowest BCUT2D eigenvalue weighted by Crippen LogP contribution is -2.10. The van der Waals surface area contributed by atoms with Gasteiger partial charge in [0, 0.05) is 17.5 Å². The van der Waals surface area contributed by atoms with Crippen molar-refractivity contribution in [2.75, 3.05) is 7.11 Å². The first kappa shape index (κ1) is 18.9. The summed E-state index contributed by atoms with van der Waals surface area (Å²) in [5.41, 5.74) is 4.05. The predicted molar refractivity (Wildman–Crippen MR) is 106 cm³/mol. The first-order chi connectivity index (χ1) is 12.9. The number of carbonyl (C=O) groups excluding carboxylic acids is 1. The molecular formula is C23H25NO3. The Balaban J connectivity index is 2.05. The number of aryl methyl sites for hydroxylation is 1. The Kier molecular flexibility index (Phi) is 5.45. The van der Waals surface area contributed by atoms with E-state index < -0.39 is 0 Å². The van der Waals surface area contributed by atoms with Crippen molar-refractivity contribution in [2.45, 2.75) is 39.0 Å². The van der Waals surface area contributed by atoms with E-state index in [-0.39, 0.29) is 17.8 Å². The Morgan fingerprint density at radius 3 is 2.41 bits per heavy atom. The van der Waals surface area contributed by atoms with E-state index in [2.05, 4.69) is 32.9 Å². The highest BCUT2D eigenvalue weighted by Gasteiger charge is 2.20. The zero-order chi connectivity index (χ0) is 19.4. The summed E-state index contributed by atoms with van der Waals surface area (Å²) in [5.74, 6) is 0.989. The van der Waals surface area contributed by atoms with E-state index in [4.69, 9.17) is 14.1 Å². The third kappa shape index (κ3) is 4.45. The van der Waals surface area contributed by atoms with Gasteiger partial charge in [-0.25, -0.2) is 4.98 Å². The summed E-state index contributed by atoms with van der Waals surface area (Å²) in [4.78, 5) is 16.2. The van der Waals surface area contributed by atoms with Gasteiger partial charge >= 0.3 is 5.97 Å². The molecule has 4 heteroatoms. The largest absolute Gasteiger partial charge is 0.469 e. The summed E-state index contributed by atoms with van der Waals surface area (Å²) in [6.45, 7) is 6.57. The Bertz CT molecular complexity index is 920. The van der Waals surface area contributed by atoms with Gasteiger partial charge in [-0.1, -0.05) is 69.3 Å². The van der Waals surface area contributed by atoms with Crippen molar-refractivity contribution < 1.29 is 13.9 Å². The van der Waals surface area contributed by atoms with E-state index in [9.17, 15) is 4.79 Å². The van der Waals surface area contributed by atoms with Crippen LogP contribution in [0.25, 0.3) is 22.6 Å². The van der Waals surface area contributed by atoms with Crippen LogP contribution in [0.1, 0.15) is 38.6 Å². The Morgan fingerprint density at radius 1 is 1.04 bits per heavy atom. The summed E-state index contributed by atoms with van der Waals surface area (Å²) < 4.78 is 10.8. The van der Waals surface area contributed by atoms with Crippen LogP contribution in [0, 0.1) is 0 Å². The van der Waals surface area contributed by atoms with Crippen LogP contribution < -0.4 is 0 Å². The van der Waals surface area contributed by atoms with Gasteiger partial charge in [0.15, 0.2) is 11.7 Å². The van der Waals surface area contributed by atoms with Crippen LogP contribution >= 0.6 is 0 Å². The number of methoxy groups -OCH3 is 1. The highest BCUT2D eigenvalue weighted by atomic mass is 16.5. The molecule has 1 heterocycles. The third-order valence-electron chi connectivity index (χ3n) is 4.48. The number of hydrogen-bond donors (Lipinski definition) is 0. The van der Waals surface area contributed by atoms with E-state index in [1.165, 1.54) is 12.7 Å². The van der Waals surface area contributed by atoms with Crippen LogP contribution in [-0.4, -0.2) is 18.1 Å². The van der Waals surface area contributed by atoms with Crippen LogP contribution in [0.5, 0.6) is 0 Å². The molecule has 0 atom stereocenters. The minimum atomic E-state index is -0.272. The normalized spacial score (nSPS) is 11.4. The molecule has 140 valence electrons. The molecule has 3 rings (SSSR count). The number of nitrogens with zero attached hydrogens (tertiary/aromatic N) is 1. The summed E-state index contributed by atoms with van der Waals surface area (Å²) in [7, 11) is 1.39. The number of ether oxygens (including phenoxy) is 1. The molecule has 0 spiro atoms. The number of esters is 1. The maximum Gasteiger partial charge on any atom is 0.306 e. The Morgan fingerprint density at radius 2 is 1.74 bits per heavy atom. The first-order valence-electron chi connectivity index (χ1n) is 9.11. The van der Waals surface area contributed by atoms with Gasteiger partial charge in [0.1, 0.15) is 5.69 Å². The first-order valence-corrected chi connectivity index (χ1v) is 9.11. The monoisotopic (exact) mass is 363 g/mol. The molecule has 4 nitrogen and oxygen atoms in total. The minimum Gasteiger partial charge on any atom is -0.469 e. The summed E-state index contributed by atoms with van der Waals surface area (Å²) in [6.07, 6.45) is 0.651. The second kappa shape index (κ2) is 7.78. The molecule has 0 radical (unpaired) electrons. The number of rotatable bonds is 5. The SMILES string of the molecule is COC(=O)CCc1nc(-c2cccc(C(C)(C)C)c2)c(-c2ccccc2)o1. The molecule has 0 saturated heterocycles. The molecular weight excluding hydrogens is 338 g/mol. The van der Waals surface area contributed by atoms with Gasteiger partial charge in [0.25, 0.3) is 0 Å². The lowest BCUT2D eigenvalue weighted by Gasteiger charge is -2.19. The quantitative estimate of drug-likeness (QED) is 0.569. The maximum absolute atomic E-state index is 11.5. The molecule has 0 fully saturated rings. The number of benzene rings is 2. The van der Waals surface area contributed by atoms with Gasteiger partial charge in [-0.05, 0) is 17.0 Å². The number of oxazole rings is 1. The Hall–Kier alpha value is -2.88. The lowest BCUT2D eigenvalue weighted by atomic mass is 9.86. The van der Waals surface area contributed by atoms with Gasteiger partial charge < -0.3 is 9.15 Å². The van der Waals surface area contributed by atoms with Crippen molar-refractivity contribution in [1.82, 2.24) is 4.98 Å². The number of carbonyl (C=O) groups is 1. The summed E-state index contributed by atoms with van der Waals surface area (Å²) >= 11 is 0. The van der Waals surface area contributed by atoms with Crippen molar-refractivity contribution in [3.8, 4) is 22.6 Å². The second-order valence-corrected chi connectivity index (χ2v) is 7.56. The predicted octanol–water partition coefficient (Wildman–Crippen LogP) is 5.41. The molecule has 0 saturated carbocycles. The molecule has 3 aromatic rings. The van der Waals surface area contributed by atoms with E-state index in [0.717, 1.165) is 22.6 Å². The fourth-order valence-corrected chi connectivity index (χ4v) is 2.90. The molecule has 1 aromatic heterocycles. The van der Waals surface area contributed by atoms with Crippen LogP contribution in [0.15, 0.2) is 59.0 Å². The molecule has 0 N–H and O–H groups in total. The molecule has 0 unspecified atom stereocenters. The van der Waals surface area contributed by atoms with E-state index in [1.54, 1.807) is 0 Å². The third-order valence-corrected chi connectivity index (χ3v) is 4.48. The average Bonchev–Trinajstić information content (AvgIpc) is 3.10. The van der Waals surface area contributed by atoms with Crippen molar-refractivity contribution in [2.24, 2.45) is 0 Å². The van der Waals surface area contributed by atoms with Gasteiger partial charge in [0.2, 0.25) is 0 Å². The van der Waals surface area contributed by atoms with Crippen molar-refractivity contribution in [3.05, 3.63) is 66.1 Å². The van der Waals surface area contributed by atoms with Crippen molar-refractivity contribution in [1.29, 1.82) is 0 Å². The van der Waals surface area contributed by atoms with Gasteiger partial charge in [-0.3, -0.25) is 4.79 Å². The maximum atomic E-state index is 11.5.